The molecule has 0 amide bonds. The Bertz CT molecular complexity index is 619. The van der Waals surface area contributed by atoms with Gasteiger partial charge in [0.15, 0.2) is 0 Å². The van der Waals surface area contributed by atoms with Crippen molar-refractivity contribution in [2.24, 2.45) is 0 Å². The van der Waals surface area contributed by atoms with Crippen molar-refractivity contribution in [1.29, 1.82) is 0 Å². The Hall–Kier alpha value is -2.21. The largest absolute Gasteiger partial charge is 0.478 e. The van der Waals surface area contributed by atoms with Crippen molar-refractivity contribution < 1.29 is 19.2 Å². The van der Waals surface area contributed by atoms with E-state index in [0.29, 0.717) is 18.0 Å². The maximum atomic E-state index is 10.9. The lowest BCUT2D eigenvalue weighted by Crippen LogP contribution is -2.23. The summed E-state index contributed by atoms with van der Waals surface area (Å²) in [5.74, 6) is -0.299. The third-order valence-electron chi connectivity index (χ3n) is 2.83. The van der Waals surface area contributed by atoms with E-state index in [4.69, 9.17) is 14.4 Å². The van der Waals surface area contributed by atoms with Crippen molar-refractivity contribution in [2.45, 2.75) is 26.4 Å². The average Bonchev–Trinajstić information content (AvgIpc) is 2.89. The highest BCUT2D eigenvalue weighted by atomic mass is 16.5. The van der Waals surface area contributed by atoms with Gasteiger partial charge in [-0.1, -0.05) is 11.2 Å². The highest BCUT2D eigenvalue weighted by Gasteiger charge is 2.27. The molecule has 1 aromatic carbocycles. The van der Waals surface area contributed by atoms with Crippen LogP contribution in [0.2, 0.25) is 0 Å². The van der Waals surface area contributed by atoms with Gasteiger partial charge in [-0.3, -0.25) is 0 Å². The number of hydrogen-bond acceptors (Lipinski definition) is 5. The van der Waals surface area contributed by atoms with Crippen LogP contribution in [-0.4, -0.2) is 27.8 Å². The molecule has 2 rings (SSSR count). The fraction of sp³-hybridized carbons (Fsp3) is 0.357. The number of aromatic carboxylic acids is 1. The van der Waals surface area contributed by atoms with Crippen LogP contribution in [-0.2, 0) is 10.3 Å². The summed E-state index contributed by atoms with van der Waals surface area (Å²) in [5.41, 5.74) is 0.0863. The van der Waals surface area contributed by atoms with Crippen molar-refractivity contribution in [3.8, 4) is 11.5 Å². The number of ether oxygens (including phenoxy) is 1. The lowest BCUT2D eigenvalue weighted by Gasteiger charge is -2.19. The van der Waals surface area contributed by atoms with Crippen LogP contribution < -0.4 is 0 Å². The molecule has 1 N–H and O–H groups in total. The predicted molar refractivity (Wildman–Crippen MR) is 71.3 cm³/mol. The molecule has 0 fully saturated rings. The van der Waals surface area contributed by atoms with Crippen LogP contribution in [0.25, 0.3) is 11.5 Å². The van der Waals surface area contributed by atoms with Crippen molar-refractivity contribution >= 4 is 5.97 Å². The van der Waals surface area contributed by atoms with Gasteiger partial charge in [-0.05, 0) is 39.0 Å². The Kier molecular flexibility index (Phi) is 3.85. The standard InChI is InChI=1S/C14H16N2O4/c1-4-19-14(2,3)13-15-11(20-16-13)9-6-5-7-10(8-9)12(17)18/h5-8H,4H2,1-3H3,(H,17,18). The fourth-order valence-electron chi connectivity index (χ4n) is 1.80. The maximum Gasteiger partial charge on any atom is 0.335 e. The number of carbonyl (C=O) groups is 1. The Balaban J connectivity index is 2.33. The second-order valence-electron chi connectivity index (χ2n) is 4.75. The molecule has 0 aliphatic carbocycles. The minimum atomic E-state index is -0.999. The molecule has 106 valence electrons. The topological polar surface area (TPSA) is 85.5 Å². The molecule has 2 aromatic rings. The van der Waals surface area contributed by atoms with Crippen molar-refractivity contribution in [3.05, 3.63) is 35.7 Å². The zero-order valence-electron chi connectivity index (χ0n) is 11.6. The molecule has 20 heavy (non-hydrogen) atoms. The zero-order chi connectivity index (χ0) is 14.8. The first-order chi connectivity index (χ1) is 9.44. The molecule has 0 radical (unpaired) electrons. The van der Waals surface area contributed by atoms with Crippen LogP contribution in [0.5, 0.6) is 0 Å². The Morgan fingerprint density at radius 2 is 2.20 bits per heavy atom. The van der Waals surface area contributed by atoms with E-state index in [0.717, 1.165) is 0 Å². The van der Waals surface area contributed by atoms with E-state index >= 15 is 0 Å². The smallest absolute Gasteiger partial charge is 0.335 e. The van der Waals surface area contributed by atoms with Gasteiger partial charge in [0.2, 0.25) is 5.82 Å². The van der Waals surface area contributed by atoms with E-state index in [1.54, 1.807) is 12.1 Å². The summed E-state index contributed by atoms with van der Waals surface area (Å²) in [6.07, 6.45) is 0. The Labute approximate surface area is 116 Å². The average molecular weight is 276 g/mol. The molecule has 0 unspecified atom stereocenters. The van der Waals surface area contributed by atoms with Gasteiger partial charge in [0.05, 0.1) is 5.56 Å². The second-order valence-corrected chi connectivity index (χ2v) is 4.75. The lowest BCUT2D eigenvalue weighted by atomic mass is 10.1. The van der Waals surface area contributed by atoms with Crippen molar-refractivity contribution in [2.75, 3.05) is 6.61 Å². The van der Waals surface area contributed by atoms with Crippen LogP contribution in [0, 0.1) is 0 Å². The van der Waals surface area contributed by atoms with Gasteiger partial charge in [-0.2, -0.15) is 4.98 Å². The van der Waals surface area contributed by atoms with E-state index in [-0.39, 0.29) is 11.5 Å². The van der Waals surface area contributed by atoms with Crippen LogP contribution in [0.4, 0.5) is 0 Å². The normalized spacial score (nSPS) is 11.6. The molecule has 0 spiro atoms. The fourth-order valence-corrected chi connectivity index (χ4v) is 1.80. The van der Waals surface area contributed by atoms with E-state index in [1.165, 1.54) is 12.1 Å². The monoisotopic (exact) mass is 276 g/mol. The first-order valence-electron chi connectivity index (χ1n) is 6.26. The molecule has 0 saturated carbocycles. The molecular weight excluding hydrogens is 260 g/mol. The number of aromatic nitrogens is 2. The highest BCUT2D eigenvalue weighted by Crippen LogP contribution is 2.25. The van der Waals surface area contributed by atoms with Crippen LogP contribution in [0.3, 0.4) is 0 Å². The number of nitrogens with zero attached hydrogens (tertiary/aromatic N) is 2. The SMILES string of the molecule is CCOC(C)(C)c1noc(-c2cccc(C(=O)O)c2)n1. The molecule has 1 heterocycles. The summed E-state index contributed by atoms with van der Waals surface area (Å²) in [4.78, 5) is 15.2. The Morgan fingerprint density at radius 1 is 1.45 bits per heavy atom. The van der Waals surface area contributed by atoms with Crippen LogP contribution in [0.15, 0.2) is 28.8 Å². The summed E-state index contributed by atoms with van der Waals surface area (Å²) in [6, 6.07) is 6.36. The van der Waals surface area contributed by atoms with Crippen molar-refractivity contribution in [3.63, 3.8) is 0 Å². The first kappa shape index (κ1) is 14.2. The summed E-state index contributed by atoms with van der Waals surface area (Å²) in [7, 11) is 0. The zero-order valence-corrected chi connectivity index (χ0v) is 11.6. The van der Waals surface area contributed by atoms with E-state index in [2.05, 4.69) is 10.1 Å². The van der Waals surface area contributed by atoms with Crippen LogP contribution >= 0.6 is 0 Å². The van der Waals surface area contributed by atoms with Gasteiger partial charge in [0, 0.05) is 12.2 Å². The van der Waals surface area contributed by atoms with E-state index in [1.807, 2.05) is 20.8 Å². The number of hydrogen-bond donors (Lipinski definition) is 1. The van der Waals surface area contributed by atoms with Gasteiger partial charge >= 0.3 is 5.97 Å². The lowest BCUT2D eigenvalue weighted by molar-refractivity contribution is -0.0221. The number of carboxylic acids is 1. The molecule has 6 heteroatoms. The molecule has 0 aliphatic rings. The van der Waals surface area contributed by atoms with E-state index < -0.39 is 11.6 Å². The van der Waals surface area contributed by atoms with Gasteiger partial charge in [0.25, 0.3) is 5.89 Å². The predicted octanol–water partition coefficient (Wildman–Crippen LogP) is 2.71. The number of benzene rings is 1. The molecule has 0 atom stereocenters. The molecule has 6 nitrogen and oxygen atoms in total. The minimum Gasteiger partial charge on any atom is -0.478 e. The maximum absolute atomic E-state index is 10.9. The molecule has 1 aromatic heterocycles. The van der Waals surface area contributed by atoms with Crippen LogP contribution in [0.1, 0.15) is 37.0 Å². The molecule has 0 bridgehead atoms. The molecular formula is C14H16N2O4. The summed E-state index contributed by atoms with van der Waals surface area (Å²) in [5, 5.41) is 12.9. The molecule has 0 aliphatic heterocycles. The summed E-state index contributed by atoms with van der Waals surface area (Å²) >= 11 is 0. The Morgan fingerprint density at radius 3 is 2.85 bits per heavy atom. The quantitative estimate of drug-likeness (QED) is 0.903. The number of rotatable bonds is 5. The summed E-state index contributed by atoms with van der Waals surface area (Å²) < 4.78 is 10.7. The number of carboxylic acid groups (broad SMARTS) is 1. The highest BCUT2D eigenvalue weighted by molar-refractivity contribution is 5.88. The van der Waals surface area contributed by atoms with Gasteiger partial charge in [-0.15, -0.1) is 0 Å². The van der Waals surface area contributed by atoms with Crippen molar-refractivity contribution in [1.82, 2.24) is 10.1 Å². The first-order valence-corrected chi connectivity index (χ1v) is 6.26. The molecule has 0 saturated heterocycles. The summed E-state index contributed by atoms with van der Waals surface area (Å²) in [6.45, 7) is 6.11. The van der Waals surface area contributed by atoms with E-state index in [9.17, 15) is 4.79 Å². The third kappa shape index (κ3) is 2.85. The minimum absolute atomic E-state index is 0.173. The van der Waals surface area contributed by atoms with Gasteiger partial charge in [0.1, 0.15) is 5.60 Å². The van der Waals surface area contributed by atoms with Gasteiger partial charge in [-0.25, -0.2) is 4.79 Å². The second kappa shape index (κ2) is 5.42. The third-order valence-corrected chi connectivity index (χ3v) is 2.83. The van der Waals surface area contributed by atoms with Gasteiger partial charge < -0.3 is 14.4 Å².